The van der Waals surface area contributed by atoms with Crippen molar-refractivity contribution >= 4 is 28.3 Å². The van der Waals surface area contributed by atoms with Crippen molar-refractivity contribution in [3.8, 4) is 17.2 Å². The second kappa shape index (κ2) is 5.31. The number of benzene rings is 3. The molecular formula is C20H12O7. The number of aromatic carboxylic acids is 1. The highest BCUT2D eigenvalue weighted by Crippen LogP contribution is 2.43. The quantitative estimate of drug-likeness (QED) is 0.382. The third-order valence-corrected chi connectivity index (χ3v) is 4.80. The second-order valence-corrected chi connectivity index (χ2v) is 6.32. The number of carboxylic acid groups (broad SMARTS) is 1. The number of carboxylic acids is 1. The molecule has 0 radical (unpaired) electrons. The van der Waals surface area contributed by atoms with E-state index in [0.29, 0.717) is 5.56 Å². The molecule has 0 bridgehead atoms. The summed E-state index contributed by atoms with van der Waals surface area (Å²) in [6.45, 7) is 1.57. The van der Waals surface area contributed by atoms with E-state index in [2.05, 4.69) is 0 Å². The Kier molecular flexibility index (Phi) is 3.26. The fourth-order valence-corrected chi connectivity index (χ4v) is 3.56. The average molecular weight is 364 g/mol. The van der Waals surface area contributed by atoms with Crippen molar-refractivity contribution in [2.45, 2.75) is 6.92 Å². The number of carbonyl (C=O) groups excluding carboxylic acids is 2. The Balaban J connectivity index is 2.17. The van der Waals surface area contributed by atoms with Gasteiger partial charge in [-0.2, -0.15) is 0 Å². The van der Waals surface area contributed by atoms with Crippen LogP contribution in [-0.4, -0.2) is 38.0 Å². The Morgan fingerprint density at radius 1 is 0.815 bits per heavy atom. The molecule has 3 aromatic rings. The summed E-state index contributed by atoms with van der Waals surface area (Å²) >= 11 is 0. The molecule has 1 aliphatic carbocycles. The Hall–Kier alpha value is -3.87. The molecular weight excluding hydrogens is 352 g/mol. The lowest BCUT2D eigenvalue weighted by Crippen LogP contribution is -2.21. The van der Waals surface area contributed by atoms with Gasteiger partial charge in [0.25, 0.3) is 0 Å². The standard InChI is InChI=1S/C20H12O7/c1-7-2-3-8-9(13(7)20(26)27)6-10-14(17(8)23)19(25)16-12(22)5-4-11(21)15(16)18(10)24/h2-6,21-23H,1H3,(H,26,27). The summed E-state index contributed by atoms with van der Waals surface area (Å²) in [7, 11) is 0. The van der Waals surface area contributed by atoms with Gasteiger partial charge in [-0.15, -0.1) is 0 Å². The smallest absolute Gasteiger partial charge is 0.336 e. The molecule has 0 saturated heterocycles. The normalized spacial score (nSPS) is 12.8. The van der Waals surface area contributed by atoms with E-state index in [4.69, 9.17) is 0 Å². The zero-order valence-electron chi connectivity index (χ0n) is 13.9. The van der Waals surface area contributed by atoms with E-state index >= 15 is 0 Å². The van der Waals surface area contributed by atoms with Crippen molar-refractivity contribution in [2.24, 2.45) is 0 Å². The molecule has 134 valence electrons. The number of aryl methyl sites for hydroxylation is 1. The van der Waals surface area contributed by atoms with E-state index in [0.717, 1.165) is 12.1 Å². The van der Waals surface area contributed by atoms with Crippen LogP contribution in [0.2, 0.25) is 0 Å². The molecule has 0 amide bonds. The number of phenols is 3. The minimum atomic E-state index is -1.24. The molecule has 0 unspecified atom stereocenters. The largest absolute Gasteiger partial charge is 0.507 e. The van der Waals surface area contributed by atoms with Crippen molar-refractivity contribution < 1.29 is 34.8 Å². The third-order valence-electron chi connectivity index (χ3n) is 4.80. The second-order valence-electron chi connectivity index (χ2n) is 6.32. The number of ketones is 2. The van der Waals surface area contributed by atoms with Crippen molar-refractivity contribution in [2.75, 3.05) is 0 Å². The Labute approximate surface area is 151 Å². The van der Waals surface area contributed by atoms with Gasteiger partial charge in [0.15, 0.2) is 5.78 Å². The van der Waals surface area contributed by atoms with Crippen LogP contribution in [0, 0.1) is 6.92 Å². The molecule has 1 aliphatic rings. The van der Waals surface area contributed by atoms with Crippen LogP contribution in [0.4, 0.5) is 0 Å². The van der Waals surface area contributed by atoms with Crippen LogP contribution < -0.4 is 0 Å². The van der Waals surface area contributed by atoms with Crippen LogP contribution in [0.5, 0.6) is 17.2 Å². The van der Waals surface area contributed by atoms with Crippen molar-refractivity contribution in [1.29, 1.82) is 0 Å². The van der Waals surface area contributed by atoms with E-state index in [1.165, 1.54) is 18.2 Å². The van der Waals surface area contributed by atoms with Crippen molar-refractivity contribution in [3.05, 3.63) is 63.7 Å². The van der Waals surface area contributed by atoms with E-state index in [1.54, 1.807) is 6.92 Å². The molecule has 0 fully saturated rings. The van der Waals surface area contributed by atoms with Gasteiger partial charge in [0.2, 0.25) is 5.78 Å². The minimum Gasteiger partial charge on any atom is -0.507 e. The molecule has 0 atom stereocenters. The monoisotopic (exact) mass is 364 g/mol. The lowest BCUT2D eigenvalue weighted by atomic mass is 9.80. The first-order chi connectivity index (χ1) is 12.7. The van der Waals surface area contributed by atoms with E-state index in [-0.39, 0.29) is 33.0 Å². The summed E-state index contributed by atoms with van der Waals surface area (Å²) in [5.74, 6) is -4.40. The number of carbonyl (C=O) groups is 3. The molecule has 7 nitrogen and oxygen atoms in total. The highest BCUT2D eigenvalue weighted by molar-refractivity contribution is 6.33. The van der Waals surface area contributed by atoms with Crippen LogP contribution in [0.25, 0.3) is 10.8 Å². The third kappa shape index (κ3) is 2.05. The van der Waals surface area contributed by atoms with Gasteiger partial charge in [0.05, 0.1) is 22.3 Å². The predicted octanol–water partition coefficient (Wildman–Crippen LogP) is 2.74. The fraction of sp³-hybridized carbons (Fsp3) is 0.0500. The topological polar surface area (TPSA) is 132 Å². The fourth-order valence-electron chi connectivity index (χ4n) is 3.56. The van der Waals surface area contributed by atoms with Gasteiger partial charge in [-0.3, -0.25) is 9.59 Å². The Morgan fingerprint density at radius 3 is 2.00 bits per heavy atom. The van der Waals surface area contributed by atoms with E-state index < -0.39 is 40.3 Å². The highest BCUT2D eigenvalue weighted by Gasteiger charge is 2.37. The van der Waals surface area contributed by atoms with Gasteiger partial charge in [0.1, 0.15) is 17.2 Å². The molecule has 7 heteroatoms. The molecule has 0 aliphatic heterocycles. The summed E-state index contributed by atoms with van der Waals surface area (Å²) in [5.41, 5.74) is -1.02. The Bertz CT molecular complexity index is 1220. The Morgan fingerprint density at radius 2 is 1.41 bits per heavy atom. The summed E-state index contributed by atoms with van der Waals surface area (Å²) in [4.78, 5) is 37.4. The molecule has 0 saturated carbocycles. The average Bonchev–Trinajstić information content (AvgIpc) is 2.60. The molecule has 4 N–H and O–H groups in total. The molecule has 3 aromatic carbocycles. The summed E-state index contributed by atoms with van der Waals surface area (Å²) in [6, 6.07) is 6.34. The van der Waals surface area contributed by atoms with Crippen molar-refractivity contribution in [1.82, 2.24) is 0 Å². The van der Waals surface area contributed by atoms with Crippen LogP contribution in [0.1, 0.15) is 47.8 Å². The van der Waals surface area contributed by atoms with Crippen LogP contribution >= 0.6 is 0 Å². The number of hydrogen-bond donors (Lipinski definition) is 4. The summed E-state index contributed by atoms with van der Waals surface area (Å²) < 4.78 is 0. The minimum absolute atomic E-state index is 0.0981. The first-order valence-corrected chi connectivity index (χ1v) is 7.91. The predicted molar refractivity (Wildman–Crippen MR) is 93.9 cm³/mol. The van der Waals surface area contributed by atoms with Gasteiger partial charge >= 0.3 is 5.97 Å². The van der Waals surface area contributed by atoms with E-state index in [9.17, 15) is 34.8 Å². The van der Waals surface area contributed by atoms with Crippen LogP contribution in [0.3, 0.4) is 0 Å². The lowest BCUT2D eigenvalue weighted by Gasteiger charge is -2.21. The highest BCUT2D eigenvalue weighted by atomic mass is 16.4. The van der Waals surface area contributed by atoms with Gasteiger partial charge < -0.3 is 20.4 Å². The van der Waals surface area contributed by atoms with Crippen molar-refractivity contribution in [3.63, 3.8) is 0 Å². The van der Waals surface area contributed by atoms with Crippen LogP contribution in [-0.2, 0) is 0 Å². The van der Waals surface area contributed by atoms with Gasteiger partial charge in [-0.1, -0.05) is 12.1 Å². The molecule has 4 rings (SSSR count). The number of fused-ring (bicyclic) bond motifs is 3. The van der Waals surface area contributed by atoms with Gasteiger partial charge in [0, 0.05) is 16.3 Å². The maximum Gasteiger partial charge on any atom is 0.336 e. The molecule has 0 aromatic heterocycles. The number of phenolic OH excluding ortho intramolecular Hbond substituents is 3. The van der Waals surface area contributed by atoms with Crippen LogP contribution in [0.15, 0.2) is 30.3 Å². The summed E-state index contributed by atoms with van der Waals surface area (Å²) in [6.07, 6.45) is 0. The zero-order valence-corrected chi connectivity index (χ0v) is 13.9. The maximum atomic E-state index is 12.9. The van der Waals surface area contributed by atoms with Gasteiger partial charge in [-0.25, -0.2) is 4.79 Å². The number of aromatic hydroxyl groups is 3. The number of hydrogen-bond acceptors (Lipinski definition) is 6. The molecule has 0 spiro atoms. The SMILES string of the molecule is Cc1ccc2c(O)c3c(cc2c1C(=O)O)C(=O)c1c(O)ccc(O)c1C3=O. The number of rotatable bonds is 1. The summed E-state index contributed by atoms with van der Waals surface area (Å²) in [5, 5.41) is 40.4. The zero-order chi connectivity index (χ0) is 19.6. The van der Waals surface area contributed by atoms with Gasteiger partial charge in [-0.05, 0) is 30.7 Å². The lowest BCUT2D eigenvalue weighted by molar-refractivity contribution is 0.0698. The molecule has 27 heavy (non-hydrogen) atoms. The maximum absolute atomic E-state index is 12.9. The van der Waals surface area contributed by atoms with E-state index in [1.807, 2.05) is 0 Å². The molecule has 0 heterocycles. The first-order valence-electron chi connectivity index (χ1n) is 7.91. The first kappa shape index (κ1) is 16.6.